The molecule has 3 aromatic rings. The highest BCUT2D eigenvalue weighted by atomic mass is 35.5. The molecule has 0 radical (unpaired) electrons. The van der Waals surface area contributed by atoms with E-state index in [1.165, 1.54) is 0 Å². The number of rotatable bonds is 9. The van der Waals surface area contributed by atoms with Crippen molar-refractivity contribution in [1.82, 2.24) is 24.9 Å². The van der Waals surface area contributed by atoms with Crippen molar-refractivity contribution in [3.63, 3.8) is 0 Å². The van der Waals surface area contributed by atoms with E-state index < -0.39 is 0 Å². The minimum atomic E-state index is 0.0302. The molecule has 0 unspecified atom stereocenters. The number of benzene rings is 2. The highest BCUT2D eigenvalue weighted by Crippen LogP contribution is 2.23. The van der Waals surface area contributed by atoms with Crippen molar-refractivity contribution in [2.45, 2.75) is 33.4 Å². The summed E-state index contributed by atoms with van der Waals surface area (Å²) in [6, 6.07) is 18.0. The van der Waals surface area contributed by atoms with Crippen LogP contribution in [0.15, 0.2) is 54.6 Å². The molecule has 0 aliphatic carbocycles. The zero-order valence-corrected chi connectivity index (χ0v) is 21.9. The SMILES string of the molecule is CC(C)Cc1cc(CNC(=O)CN2CCN(Cc3ccc(Cl)c(Cl)c3)CC2)nn1-c1ccccc1. The lowest BCUT2D eigenvalue weighted by atomic mass is 10.1. The number of carbonyl (C=O) groups is 1. The number of hydrogen-bond donors (Lipinski definition) is 1. The molecule has 1 fully saturated rings. The number of para-hydroxylation sites is 1. The van der Waals surface area contributed by atoms with E-state index in [9.17, 15) is 4.79 Å². The minimum Gasteiger partial charge on any atom is -0.349 e. The first-order valence-corrected chi connectivity index (χ1v) is 12.9. The van der Waals surface area contributed by atoms with Gasteiger partial charge in [-0.3, -0.25) is 14.6 Å². The Kier molecular flexibility index (Phi) is 8.84. The predicted molar refractivity (Wildman–Crippen MR) is 142 cm³/mol. The van der Waals surface area contributed by atoms with Gasteiger partial charge in [-0.1, -0.05) is 61.3 Å². The normalized spacial score (nSPS) is 15.0. The fraction of sp³-hybridized carbons (Fsp3) is 0.407. The van der Waals surface area contributed by atoms with Crippen LogP contribution in [0.4, 0.5) is 0 Å². The maximum atomic E-state index is 12.6. The molecule has 2 aromatic carbocycles. The number of carbonyl (C=O) groups excluding carboxylic acids is 1. The molecule has 0 saturated carbocycles. The van der Waals surface area contributed by atoms with E-state index >= 15 is 0 Å². The van der Waals surface area contributed by atoms with Gasteiger partial charge in [-0.2, -0.15) is 5.10 Å². The number of nitrogens with one attached hydrogen (secondary N) is 1. The van der Waals surface area contributed by atoms with Crippen LogP contribution in [-0.4, -0.2) is 58.2 Å². The minimum absolute atomic E-state index is 0.0302. The molecule has 0 atom stereocenters. The van der Waals surface area contributed by atoms with Crippen molar-refractivity contribution in [3.8, 4) is 5.69 Å². The molecule has 0 bridgehead atoms. The van der Waals surface area contributed by atoms with E-state index in [-0.39, 0.29) is 5.91 Å². The van der Waals surface area contributed by atoms with Crippen molar-refractivity contribution in [2.24, 2.45) is 5.92 Å². The average Bonchev–Trinajstić information content (AvgIpc) is 3.24. The van der Waals surface area contributed by atoms with Crippen LogP contribution >= 0.6 is 23.2 Å². The van der Waals surface area contributed by atoms with Crippen molar-refractivity contribution >= 4 is 29.1 Å². The monoisotopic (exact) mass is 513 g/mol. The molecule has 35 heavy (non-hydrogen) atoms. The molecule has 8 heteroatoms. The number of piperazine rings is 1. The van der Waals surface area contributed by atoms with Gasteiger partial charge in [0.25, 0.3) is 0 Å². The van der Waals surface area contributed by atoms with E-state index in [4.69, 9.17) is 28.3 Å². The van der Waals surface area contributed by atoms with Crippen LogP contribution < -0.4 is 5.32 Å². The van der Waals surface area contributed by atoms with Gasteiger partial charge in [-0.05, 0) is 48.2 Å². The summed E-state index contributed by atoms with van der Waals surface area (Å²) in [5.41, 5.74) is 4.23. The lowest BCUT2D eigenvalue weighted by molar-refractivity contribution is -0.122. The number of halogens is 2. The zero-order chi connectivity index (χ0) is 24.8. The van der Waals surface area contributed by atoms with Crippen LogP contribution in [0.5, 0.6) is 0 Å². The molecule has 1 N–H and O–H groups in total. The van der Waals surface area contributed by atoms with Crippen molar-refractivity contribution in [2.75, 3.05) is 32.7 Å². The summed E-state index contributed by atoms with van der Waals surface area (Å²) in [6.45, 7) is 9.61. The van der Waals surface area contributed by atoms with Crippen LogP contribution in [0.25, 0.3) is 5.69 Å². The summed E-state index contributed by atoms with van der Waals surface area (Å²) < 4.78 is 1.99. The Morgan fingerprint density at radius 2 is 1.69 bits per heavy atom. The molecular weight excluding hydrogens is 481 g/mol. The Morgan fingerprint density at radius 1 is 0.971 bits per heavy atom. The third-order valence-corrected chi connectivity index (χ3v) is 6.88. The van der Waals surface area contributed by atoms with Crippen LogP contribution in [0.2, 0.25) is 10.0 Å². The Hall–Kier alpha value is -2.38. The van der Waals surface area contributed by atoms with Crippen LogP contribution in [0, 0.1) is 5.92 Å². The van der Waals surface area contributed by atoms with Crippen LogP contribution in [0.1, 0.15) is 30.8 Å². The number of hydrogen-bond acceptors (Lipinski definition) is 4. The fourth-order valence-corrected chi connectivity index (χ4v) is 4.69. The zero-order valence-electron chi connectivity index (χ0n) is 20.4. The van der Waals surface area contributed by atoms with Gasteiger partial charge in [0.05, 0.1) is 34.5 Å². The second kappa shape index (κ2) is 12.0. The highest BCUT2D eigenvalue weighted by Gasteiger charge is 2.20. The molecule has 1 saturated heterocycles. The van der Waals surface area contributed by atoms with Gasteiger partial charge in [0.1, 0.15) is 0 Å². The van der Waals surface area contributed by atoms with E-state index in [1.807, 2.05) is 41.1 Å². The third kappa shape index (κ3) is 7.31. The first kappa shape index (κ1) is 25.7. The van der Waals surface area contributed by atoms with E-state index in [2.05, 4.69) is 47.2 Å². The largest absolute Gasteiger partial charge is 0.349 e. The molecular formula is C27H33Cl2N5O. The lowest BCUT2D eigenvalue weighted by Gasteiger charge is -2.34. The standard InChI is InChI=1S/C27H33Cl2N5O/c1-20(2)14-24-16-22(31-34(24)23-6-4-3-5-7-23)17-30-27(35)19-33-12-10-32(11-13-33)18-21-8-9-25(28)26(29)15-21/h3-9,15-16,20H,10-14,17-19H2,1-2H3,(H,30,35). The molecule has 1 aromatic heterocycles. The summed E-state index contributed by atoms with van der Waals surface area (Å²) in [7, 11) is 0. The molecule has 2 heterocycles. The summed E-state index contributed by atoms with van der Waals surface area (Å²) in [5, 5.41) is 9.00. The lowest BCUT2D eigenvalue weighted by Crippen LogP contribution is -2.49. The fourth-order valence-electron chi connectivity index (χ4n) is 4.37. The summed E-state index contributed by atoms with van der Waals surface area (Å²) in [6.07, 6.45) is 0.933. The van der Waals surface area contributed by atoms with Gasteiger partial charge < -0.3 is 5.32 Å². The first-order chi connectivity index (χ1) is 16.9. The predicted octanol–water partition coefficient (Wildman–Crippen LogP) is 4.81. The molecule has 186 valence electrons. The van der Waals surface area contributed by atoms with E-state index in [0.717, 1.165) is 61.8 Å². The van der Waals surface area contributed by atoms with Gasteiger partial charge in [0.15, 0.2) is 0 Å². The first-order valence-electron chi connectivity index (χ1n) is 12.2. The van der Waals surface area contributed by atoms with Crippen molar-refractivity contribution in [3.05, 3.63) is 81.6 Å². The molecule has 6 nitrogen and oxygen atoms in total. The topological polar surface area (TPSA) is 53.4 Å². The van der Waals surface area contributed by atoms with E-state index in [0.29, 0.717) is 29.1 Å². The van der Waals surface area contributed by atoms with Gasteiger partial charge in [0, 0.05) is 38.4 Å². The quantitative estimate of drug-likeness (QED) is 0.445. The molecule has 1 aliphatic rings. The van der Waals surface area contributed by atoms with Crippen molar-refractivity contribution in [1.29, 1.82) is 0 Å². The van der Waals surface area contributed by atoms with Crippen LogP contribution in [-0.2, 0) is 24.3 Å². The summed E-state index contributed by atoms with van der Waals surface area (Å²) in [4.78, 5) is 17.2. The Balaban J connectivity index is 1.26. The Bertz CT molecular complexity index is 1120. The van der Waals surface area contributed by atoms with Gasteiger partial charge in [-0.25, -0.2) is 4.68 Å². The molecule has 1 aliphatic heterocycles. The number of amides is 1. The summed E-state index contributed by atoms with van der Waals surface area (Å²) in [5.74, 6) is 0.551. The Labute approximate surface area is 217 Å². The average molecular weight is 515 g/mol. The maximum Gasteiger partial charge on any atom is 0.234 e. The van der Waals surface area contributed by atoms with Gasteiger partial charge >= 0.3 is 0 Å². The highest BCUT2D eigenvalue weighted by molar-refractivity contribution is 6.42. The summed E-state index contributed by atoms with van der Waals surface area (Å²) >= 11 is 12.2. The van der Waals surface area contributed by atoms with Crippen molar-refractivity contribution < 1.29 is 4.79 Å². The van der Waals surface area contributed by atoms with Gasteiger partial charge in [-0.15, -0.1) is 0 Å². The second-order valence-electron chi connectivity index (χ2n) is 9.55. The molecule has 0 spiro atoms. The maximum absolute atomic E-state index is 12.6. The number of nitrogens with zero attached hydrogens (tertiary/aromatic N) is 4. The van der Waals surface area contributed by atoms with Gasteiger partial charge in [0.2, 0.25) is 5.91 Å². The van der Waals surface area contributed by atoms with Crippen LogP contribution in [0.3, 0.4) is 0 Å². The van der Waals surface area contributed by atoms with E-state index in [1.54, 1.807) is 0 Å². The molecule has 4 rings (SSSR count). The Morgan fingerprint density at radius 3 is 2.37 bits per heavy atom. The second-order valence-corrected chi connectivity index (χ2v) is 10.4. The smallest absolute Gasteiger partial charge is 0.234 e. The third-order valence-electron chi connectivity index (χ3n) is 6.14. The number of aromatic nitrogens is 2. The molecule has 1 amide bonds.